The zero-order valence-electron chi connectivity index (χ0n) is 12.4. The average Bonchev–Trinajstić information content (AvgIpc) is 2.56. The van der Waals surface area contributed by atoms with Gasteiger partial charge in [0, 0.05) is 12.5 Å². The van der Waals surface area contributed by atoms with Crippen molar-refractivity contribution in [2.24, 2.45) is 17.8 Å². The molecule has 4 nitrogen and oxygen atoms in total. The van der Waals surface area contributed by atoms with Crippen LogP contribution < -0.4 is 0 Å². The summed E-state index contributed by atoms with van der Waals surface area (Å²) in [5.74, 6) is 1.05. The fourth-order valence-corrected chi connectivity index (χ4v) is 2.30. The number of ether oxygens (including phenoxy) is 1. The largest absolute Gasteiger partial charge is 0.444 e. The predicted octanol–water partition coefficient (Wildman–Crippen LogP) is 2.51. The second-order valence-corrected chi connectivity index (χ2v) is 6.72. The number of hydrogen-bond acceptors (Lipinski definition) is 3. The van der Waals surface area contributed by atoms with E-state index in [2.05, 4.69) is 20.8 Å². The van der Waals surface area contributed by atoms with Crippen molar-refractivity contribution in [1.82, 2.24) is 4.90 Å². The van der Waals surface area contributed by atoms with Gasteiger partial charge in [-0.15, -0.1) is 0 Å². The highest BCUT2D eigenvalue weighted by atomic mass is 16.6. The van der Waals surface area contributed by atoms with Crippen LogP contribution in [0.2, 0.25) is 0 Å². The highest BCUT2D eigenvalue weighted by molar-refractivity contribution is 5.68. The van der Waals surface area contributed by atoms with Gasteiger partial charge in [-0.25, -0.2) is 4.79 Å². The van der Waals surface area contributed by atoms with Crippen molar-refractivity contribution in [3.05, 3.63) is 0 Å². The first kappa shape index (κ1) is 15.3. The van der Waals surface area contributed by atoms with E-state index in [1.54, 1.807) is 4.90 Å². The van der Waals surface area contributed by atoms with E-state index in [1.807, 2.05) is 20.8 Å². The first-order valence-corrected chi connectivity index (χ1v) is 6.78. The first-order valence-electron chi connectivity index (χ1n) is 6.78. The lowest BCUT2D eigenvalue weighted by Crippen LogP contribution is -2.36. The average molecular weight is 257 g/mol. The third-order valence-corrected chi connectivity index (χ3v) is 3.71. The SMILES string of the molecule is CC(C)C(C)[C@@H]1CN(C(=O)OC(C)(C)C)C[C@H]1O. The summed E-state index contributed by atoms with van der Waals surface area (Å²) < 4.78 is 5.33. The summed E-state index contributed by atoms with van der Waals surface area (Å²) in [5.41, 5.74) is -0.482. The number of aliphatic hydroxyl groups excluding tert-OH is 1. The molecule has 1 saturated heterocycles. The van der Waals surface area contributed by atoms with Crippen molar-refractivity contribution in [2.45, 2.75) is 53.2 Å². The maximum absolute atomic E-state index is 11.9. The minimum Gasteiger partial charge on any atom is -0.444 e. The molecular formula is C14H27NO3. The van der Waals surface area contributed by atoms with Crippen LogP contribution in [-0.2, 0) is 4.74 Å². The molecule has 0 aromatic heterocycles. The maximum atomic E-state index is 11.9. The molecule has 1 fully saturated rings. The van der Waals surface area contributed by atoms with Crippen molar-refractivity contribution in [2.75, 3.05) is 13.1 Å². The normalized spacial score (nSPS) is 26.6. The Morgan fingerprint density at radius 1 is 1.28 bits per heavy atom. The second-order valence-electron chi connectivity index (χ2n) is 6.72. The number of aliphatic hydroxyl groups is 1. The molecule has 0 saturated carbocycles. The summed E-state index contributed by atoms with van der Waals surface area (Å²) in [6.45, 7) is 13.0. The van der Waals surface area contributed by atoms with E-state index in [9.17, 15) is 9.90 Å². The van der Waals surface area contributed by atoms with Crippen LogP contribution in [0.25, 0.3) is 0 Å². The summed E-state index contributed by atoms with van der Waals surface area (Å²) in [5, 5.41) is 10.1. The van der Waals surface area contributed by atoms with Gasteiger partial charge in [0.2, 0.25) is 0 Å². The molecule has 18 heavy (non-hydrogen) atoms. The molecule has 0 aromatic rings. The molecule has 0 radical (unpaired) electrons. The van der Waals surface area contributed by atoms with Gasteiger partial charge in [-0.1, -0.05) is 20.8 Å². The number of β-amino-alcohol motifs (C(OH)–C–C–N with tert-alkyl or cyclic N) is 1. The van der Waals surface area contributed by atoms with Crippen LogP contribution in [0.4, 0.5) is 4.79 Å². The summed E-state index contributed by atoms with van der Waals surface area (Å²) in [6, 6.07) is 0. The number of amides is 1. The molecule has 1 N–H and O–H groups in total. The zero-order valence-corrected chi connectivity index (χ0v) is 12.4. The van der Waals surface area contributed by atoms with Crippen LogP contribution in [0.5, 0.6) is 0 Å². The lowest BCUT2D eigenvalue weighted by molar-refractivity contribution is 0.0269. The molecule has 0 spiro atoms. The number of hydrogen-bond donors (Lipinski definition) is 1. The van der Waals surface area contributed by atoms with E-state index in [-0.39, 0.29) is 12.0 Å². The van der Waals surface area contributed by atoms with E-state index in [4.69, 9.17) is 4.74 Å². The van der Waals surface area contributed by atoms with Crippen LogP contribution in [0, 0.1) is 17.8 Å². The number of likely N-dealkylation sites (tertiary alicyclic amines) is 1. The maximum Gasteiger partial charge on any atom is 0.410 e. The van der Waals surface area contributed by atoms with Gasteiger partial charge in [0.1, 0.15) is 5.60 Å². The van der Waals surface area contributed by atoms with Crippen molar-refractivity contribution in [3.8, 4) is 0 Å². The van der Waals surface area contributed by atoms with E-state index in [0.717, 1.165) is 0 Å². The Morgan fingerprint density at radius 3 is 2.28 bits per heavy atom. The van der Waals surface area contributed by atoms with Gasteiger partial charge in [0.15, 0.2) is 0 Å². The van der Waals surface area contributed by atoms with E-state index < -0.39 is 11.7 Å². The van der Waals surface area contributed by atoms with E-state index in [0.29, 0.717) is 24.9 Å². The molecule has 106 valence electrons. The predicted molar refractivity (Wildman–Crippen MR) is 71.3 cm³/mol. The number of nitrogens with zero attached hydrogens (tertiary/aromatic N) is 1. The number of rotatable bonds is 2. The van der Waals surface area contributed by atoms with Crippen molar-refractivity contribution in [1.29, 1.82) is 0 Å². The van der Waals surface area contributed by atoms with Crippen LogP contribution in [0.3, 0.4) is 0 Å². The molecule has 1 aliphatic rings. The Labute approximate surface area is 110 Å². The number of carbonyl (C=O) groups is 1. The van der Waals surface area contributed by atoms with Crippen molar-refractivity contribution in [3.63, 3.8) is 0 Å². The van der Waals surface area contributed by atoms with Gasteiger partial charge in [-0.3, -0.25) is 0 Å². The van der Waals surface area contributed by atoms with Crippen LogP contribution in [0.15, 0.2) is 0 Å². The van der Waals surface area contributed by atoms with Gasteiger partial charge in [0.25, 0.3) is 0 Å². The van der Waals surface area contributed by atoms with Crippen LogP contribution in [-0.4, -0.2) is 40.9 Å². The fourth-order valence-electron chi connectivity index (χ4n) is 2.30. The second kappa shape index (κ2) is 5.47. The zero-order chi connectivity index (χ0) is 14.1. The molecular weight excluding hydrogens is 230 g/mol. The lowest BCUT2D eigenvalue weighted by atomic mass is 9.83. The Bertz CT molecular complexity index is 296. The highest BCUT2D eigenvalue weighted by Crippen LogP contribution is 2.30. The van der Waals surface area contributed by atoms with Gasteiger partial charge in [-0.05, 0) is 32.6 Å². The minimum atomic E-state index is -0.482. The Morgan fingerprint density at radius 2 is 1.83 bits per heavy atom. The van der Waals surface area contributed by atoms with Crippen LogP contribution >= 0.6 is 0 Å². The molecule has 0 aromatic carbocycles. The van der Waals surface area contributed by atoms with Crippen LogP contribution in [0.1, 0.15) is 41.5 Å². The molecule has 4 heteroatoms. The summed E-state index contributed by atoms with van der Waals surface area (Å²) >= 11 is 0. The Balaban J connectivity index is 2.61. The van der Waals surface area contributed by atoms with Gasteiger partial charge in [-0.2, -0.15) is 0 Å². The summed E-state index contributed by atoms with van der Waals surface area (Å²) in [6.07, 6.45) is -0.755. The monoisotopic (exact) mass is 257 g/mol. The molecule has 1 amide bonds. The minimum absolute atomic E-state index is 0.150. The molecule has 0 aliphatic carbocycles. The quantitative estimate of drug-likeness (QED) is 0.827. The molecule has 1 aliphatic heterocycles. The summed E-state index contributed by atoms with van der Waals surface area (Å²) in [7, 11) is 0. The molecule has 1 unspecified atom stereocenters. The standard InChI is InChI=1S/C14H27NO3/c1-9(2)10(3)11-7-15(8-12(11)16)13(17)18-14(4,5)6/h9-12,16H,7-8H2,1-6H3/t10?,11-,12+/m0/s1. The fraction of sp³-hybridized carbons (Fsp3) is 0.929. The van der Waals surface area contributed by atoms with Gasteiger partial charge in [0.05, 0.1) is 12.6 Å². The van der Waals surface area contributed by atoms with Crippen molar-refractivity contribution < 1.29 is 14.6 Å². The van der Waals surface area contributed by atoms with Gasteiger partial charge < -0.3 is 14.7 Å². The molecule has 0 bridgehead atoms. The topological polar surface area (TPSA) is 49.8 Å². The molecule has 1 heterocycles. The first-order chi connectivity index (χ1) is 8.11. The highest BCUT2D eigenvalue weighted by Gasteiger charge is 2.39. The van der Waals surface area contributed by atoms with Gasteiger partial charge >= 0.3 is 6.09 Å². The lowest BCUT2D eigenvalue weighted by Gasteiger charge is -2.26. The van der Waals surface area contributed by atoms with Crippen molar-refractivity contribution >= 4 is 6.09 Å². The van der Waals surface area contributed by atoms with E-state index in [1.165, 1.54) is 0 Å². The Kier molecular flexibility index (Phi) is 4.65. The molecule has 1 rings (SSSR count). The number of carbonyl (C=O) groups excluding carboxylic acids is 1. The van der Waals surface area contributed by atoms with E-state index >= 15 is 0 Å². The third kappa shape index (κ3) is 3.87. The Hall–Kier alpha value is -0.770. The summed E-state index contributed by atoms with van der Waals surface area (Å²) in [4.78, 5) is 13.6. The molecule has 3 atom stereocenters. The smallest absolute Gasteiger partial charge is 0.410 e. The third-order valence-electron chi connectivity index (χ3n) is 3.71.